The van der Waals surface area contributed by atoms with Gasteiger partial charge in [-0.2, -0.15) is 0 Å². The predicted octanol–water partition coefficient (Wildman–Crippen LogP) is 2.51. The minimum atomic E-state index is -0.304. The van der Waals surface area contributed by atoms with Gasteiger partial charge in [-0.3, -0.25) is 4.79 Å². The highest BCUT2D eigenvalue weighted by Crippen LogP contribution is 2.39. The van der Waals surface area contributed by atoms with Gasteiger partial charge in [0, 0.05) is 19.5 Å². The van der Waals surface area contributed by atoms with E-state index < -0.39 is 0 Å². The van der Waals surface area contributed by atoms with E-state index in [1.165, 1.54) is 0 Å². The molecule has 4 rings (SSSR count). The average molecular weight is 375 g/mol. The van der Waals surface area contributed by atoms with E-state index in [4.69, 9.17) is 14.2 Å². The second-order valence-electron chi connectivity index (χ2n) is 8.42. The lowest BCUT2D eigenvalue weighted by molar-refractivity contribution is -0.193. The van der Waals surface area contributed by atoms with Crippen molar-refractivity contribution in [3.8, 4) is 11.5 Å². The minimum Gasteiger partial charge on any atom is -0.454 e. The molecule has 148 valence electrons. The second kappa shape index (κ2) is 7.32. The third kappa shape index (κ3) is 3.92. The lowest BCUT2D eigenvalue weighted by Gasteiger charge is -2.48. The molecule has 0 aliphatic carbocycles. The maximum absolute atomic E-state index is 12.7. The molecular formula is C21H29NO5. The Kier molecular flexibility index (Phi) is 5.03. The summed E-state index contributed by atoms with van der Waals surface area (Å²) >= 11 is 0. The van der Waals surface area contributed by atoms with E-state index in [2.05, 4.69) is 13.8 Å². The van der Waals surface area contributed by atoms with Gasteiger partial charge in [-0.1, -0.05) is 19.9 Å². The van der Waals surface area contributed by atoms with Crippen molar-refractivity contribution < 1.29 is 24.1 Å². The highest BCUT2D eigenvalue weighted by molar-refractivity contribution is 5.79. The van der Waals surface area contributed by atoms with Crippen LogP contribution in [0.2, 0.25) is 0 Å². The van der Waals surface area contributed by atoms with Gasteiger partial charge in [0.2, 0.25) is 12.7 Å². The van der Waals surface area contributed by atoms with E-state index in [1.807, 2.05) is 23.1 Å². The number of aliphatic hydroxyl groups is 1. The summed E-state index contributed by atoms with van der Waals surface area (Å²) in [4.78, 5) is 14.7. The number of nitrogens with zero attached hydrogens (tertiary/aromatic N) is 1. The summed E-state index contributed by atoms with van der Waals surface area (Å²) in [5.74, 6) is 1.96. The van der Waals surface area contributed by atoms with Crippen LogP contribution in [0.25, 0.3) is 0 Å². The molecule has 27 heavy (non-hydrogen) atoms. The Morgan fingerprint density at radius 1 is 1.26 bits per heavy atom. The number of carbonyl (C=O) groups is 1. The molecule has 3 heterocycles. The smallest absolute Gasteiger partial charge is 0.231 e. The minimum absolute atomic E-state index is 0.102. The number of aliphatic hydroxyl groups excluding tert-OH is 1. The predicted molar refractivity (Wildman–Crippen MR) is 99.8 cm³/mol. The van der Waals surface area contributed by atoms with Crippen LogP contribution in [0.5, 0.6) is 11.5 Å². The van der Waals surface area contributed by atoms with E-state index in [-0.39, 0.29) is 30.5 Å². The fourth-order valence-electron chi connectivity index (χ4n) is 4.43. The number of rotatable bonds is 3. The quantitative estimate of drug-likeness (QED) is 0.879. The van der Waals surface area contributed by atoms with Crippen molar-refractivity contribution in [2.24, 2.45) is 5.92 Å². The second-order valence-corrected chi connectivity index (χ2v) is 8.42. The zero-order valence-electron chi connectivity index (χ0n) is 16.1. The first-order valence-electron chi connectivity index (χ1n) is 9.96. The number of amides is 1. The number of piperidine rings is 1. The van der Waals surface area contributed by atoms with E-state index in [0.717, 1.165) is 24.2 Å². The highest BCUT2D eigenvalue weighted by Gasteiger charge is 2.44. The van der Waals surface area contributed by atoms with Crippen molar-refractivity contribution >= 4 is 5.91 Å². The Bertz CT molecular complexity index is 696. The average Bonchev–Trinajstić information content (AvgIpc) is 3.09. The van der Waals surface area contributed by atoms with Crippen LogP contribution in [-0.4, -0.2) is 53.6 Å². The number of ether oxygens (including phenoxy) is 3. The van der Waals surface area contributed by atoms with Gasteiger partial charge < -0.3 is 24.2 Å². The summed E-state index contributed by atoms with van der Waals surface area (Å²) in [5.41, 5.74) is 0.663. The van der Waals surface area contributed by atoms with E-state index >= 15 is 0 Å². The number of benzene rings is 1. The normalized spacial score (nSPS) is 26.6. The standard InChI is InChI=1S/C21H29NO5/c1-14(2)18-11-16(23)12-21(27-18)5-7-22(8-6-21)20(24)10-15-3-4-17-19(9-15)26-13-25-17/h3-4,9,14,16,18,23H,5-8,10-13H2,1-2H3/t16-,18-/m1/s1. The van der Waals surface area contributed by atoms with Gasteiger partial charge in [0.15, 0.2) is 11.5 Å². The fourth-order valence-corrected chi connectivity index (χ4v) is 4.43. The molecule has 2 fully saturated rings. The molecule has 2 atom stereocenters. The molecule has 1 N–H and O–H groups in total. The van der Waals surface area contributed by atoms with Crippen LogP contribution < -0.4 is 9.47 Å². The summed E-state index contributed by atoms with van der Waals surface area (Å²) in [5, 5.41) is 10.3. The van der Waals surface area contributed by atoms with Crippen molar-refractivity contribution in [3.05, 3.63) is 23.8 Å². The van der Waals surface area contributed by atoms with E-state index in [1.54, 1.807) is 0 Å². The van der Waals surface area contributed by atoms with Gasteiger partial charge in [0.1, 0.15) is 0 Å². The number of carbonyl (C=O) groups excluding carboxylic acids is 1. The molecule has 6 nitrogen and oxygen atoms in total. The van der Waals surface area contributed by atoms with Gasteiger partial charge in [-0.25, -0.2) is 0 Å². The third-order valence-electron chi connectivity index (χ3n) is 6.08. The SMILES string of the molecule is CC(C)[C@H]1C[C@@H](O)CC2(CCN(C(=O)Cc3ccc4c(c3)OCO4)CC2)O1. The van der Waals surface area contributed by atoms with Crippen molar-refractivity contribution in [1.29, 1.82) is 0 Å². The first-order chi connectivity index (χ1) is 12.9. The topological polar surface area (TPSA) is 68.2 Å². The molecule has 0 radical (unpaired) electrons. The zero-order valence-corrected chi connectivity index (χ0v) is 16.1. The van der Waals surface area contributed by atoms with Gasteiger partial charge in [-0.15, -0.1) is 0 Å². The lowest BCUT2D eigenvalue weighted by atomic mass is 9.80. The fraction of sp³-hybridized carbons (Fsp3) is 0.667. The molecule has 0 aromatic heterocycles. The van der Waals surface area contributed by atoms with Crippen LogP contribution in [0.3, 0.4) is 0 Å². The summed E-state index contributed by atoms with van der Waals surface area (Å²) in [6.07, 6.45) is 3.14. The number of hydrogen-bond donors (Lipinski definition) is 1. The molecule has 1 aromatic rings. The molecule has 0 bridgehead atoms. The Labute approximate surface area is 160 Å². The largest absolute Gasteiger partial charge is 0.454 e. The van der Waals surface area contributed by atoms with Crippen LogP contribution in [0.1, 0.15) is 45.1 Å². The first kappa shape index (κ1) is 18.6. The molecule has 1 aromatic carbocycles. The molecule has 3 aliphatic rings. The summed E-state index contributed by atoms with van der Waals surface area (Å²) in [6.45, 7) is 5.88. The maximum Gasteiger partial charge on any atom is 0.231 e. The monoisotopic (exact) mass is 375 g/mol. The van der Waals surface area contributed by atoms with Gasteiger partial charge >= 0.3 is 0 Å². The summed E-state index contributed by atoms with van der Waals surface area (Å²) < 4.78 is 17.1. The van der Waals surface area contributed by atoms with Crippen LogP contribution in [0.15, 0.2) is 18.2 Å². The van der Waals surface area contributed by atoms with Crippen LogP contribution in [0.4, 0.5) is 0 Å². The molecule has 2 saturated heterocycles. The lowest BCUT2D eigenvalue weighted by Crippen LogP contribution is -2.54. The molecule has 1 spiro atoms. The Balaban J connectivity index is 1.35. The van der Waals surface area contributed by atoms with E-state index in [0.29, 0.717) is 44.0 Å². The molecule has 0 saturated carbocycles. The third-order valence-corrected chi connectivity index (χ3v) is 6.08. The molecular weight excluding hydrogens is 346 g/mol. The van der Waals surface area contributed by atoms with Crippen LogP contribution in [-0.2, 0) is 16.0 Å². The highest BCUT2D eigenvalue weighted by atomic mass is 16.7. The molecule has 6 heteroatoms. The Morgan fingerprint density at radius 3 is 2.74 bits per heavy atom. The first-order valence-corrected chi connectivity index (χ1v) is 9.96. The summed E-state index contributed by atoms with van der Waals surface area (Å²) in [7, 11) is 0. The van der Waals surface area contributed by atoms with Crippen molar-refractivity contribution in [3.63, 3.8) is 0 Å². The van der Waals surface area contributed by atoms with Gasteiger partial charge in [0.05, 0.1) is 24.2 Å². The molecule has 0 unspecified atom stereocenters. The van der Waals surface area contributed by atoms with Crippen molar-refractivity contribution in [2.75, 3.05) is 19.9 Å². The Morgan fingerprint density at radius 2 is 2.00 bits per heavy atom. The molecule has 1 amide bonds. The van der Waals surface area contributed by atoms with Gasteiger partial charge in [-0.05, 0) is 42.9 Å². The van der Waals surface area contributed by atoms with Crippen LogP contribution >= 0.6 is 0 Å². The maximum atomic E-state index is 12.7. The number of hydrogen-bond acceptors (Lipinski definition) is 5. The number of likely N-dealkylation sites (tertiary alicyclic amines) is 1. The van der Waals surface area contributed by atoms with E-state index in [9.17, 15) is 9.90 Å². The van der Waals surface area contributed by atoms with Gasteiger partial charge in [0.25, 0.3) is 0 Å². The Hall–Kier alpha value is -1.79. The van der Waals surface area contributed by atoms with Crippen LogP contribution in [0, 0.1) is 5.92 Å². The van der Waals surface area contributed by atoms with Crippen molar-refractivity contribution in [2.45, 2.75) is 63.8 Å². The number of fused-ring (bicyclic) bond motifs is 1. The zero-order chi connectivity index (χ0) is 19.0. The molecule has 3 aliphatic heterocycles. The summed E-state index contributed by atoms with van der Waals surface area (Å²) in [6, 6.07) is 5.67. The van der Waals surface area contributed by atoms with Crippen molar-refractivity contribution in [1.82, 2.24) is 4.90 Å².